The number of hydrogen-bond donors (Lipinski definition) is 4. The van der Waals surface area contributed by atoms with Crippen molar-refractivity contribution in [1.29, 1.82) is 0 Å². The molecule has 24 heavy (non-hydrogen) atoms. The number of aryl methyl sites for hydroxylation is 1. The number of carbonyl (C=O) groups is 1. The molecule has 0 radical (unpaired) electrons. The smallest absolute Gasteiger partial charge is 0.253 e. The van der Waals surface area contributed by atoms with E-state index in [1.54, 1.807) is 5.48 Å². The van der Waals surface area contributed by atoms with Crippen LogP contribution in [-0.2, 0) is 4.79 Å². The maximum atomic E-state index is 11.7. The zero-order valence-electron chi connectivity index (χ0n) is 13.5. The Morgan fingerprint density at radius 2 is 1.83 bits per heavy atom. The van der Waals surface area contributed by atoms with Crippen molar-refractivity contribution in [2.75, 3.05) is 17.2 Å². The number of unbranched alkanes of at least 4 members (excludes halogenated alkanes) is 2. The van der Waals surface area contributed by atoms with Gasteiger partial charge >= 0.3 is 0 Å². The van der Waals surface area contributed by atoms with Gasteiger partial charge in [-0.2, -0.15) is 0 Å². The molecular formula is C17H21N3O4. The van der Waals surface area contributed by atoms with Crippen molar-refractivity contribution < 1.29 is 10.0 Å². The highest BCUT2D eigenvalue weighted by atomic mass is 16.5. The van der Waals surface area contributed by atoms with Gasteiger partial charge in [-0.3, -0.25) is 19.6 Å². The fourth-order valence-corrected chi connectivity index (χ4v) is 2.40. The standard InChI is InChI=1S/C17H21N3O4/c1-11-6-5-7-12(10-11)19-15-14(16(22)17(15)23)18-9-4-2-3-8-13(21)20-24/h5-7,10,18-19,24H,2-4,8-9H2,1H3,(H,20,21). The van der Waals surface area contributed by atoms with E-state index in [9.17, 15) is 14.4 Å². The third kappa shape index (κ3) is 4.42. The highest BCUT2D eigenvalue weighted by Crippen LogP contribution is 2.21. The normalized spacial score (nSPS) is 10.6. The Balaban J connectivity index is 1.84. The molecule has 7 nitrogen and oxygen atoms in total. The molecule has 1 amide bonds. The molecule has 0 heterocycles. The van der Waals surface area contributed by atoms with Gasteiger partial charge in [0.15, 0.2) is 0 Å². The molecule has 2 rings (SSSR count). The second-order valence-electron chi connectivity index (χ2n) is 5.68. The van der Waals surface area contributed by atoms with Gasteiger partial charge in [0.25, 0.3) is 10.9 Å². The minimum absolute atomic E-state index is 0.261. The van der Waals surface area contributed by atoms with Crippen LogP contribution in [0.25, 0.3) is 0 Å². The van der Waals surface area contributed by atoms with Crippen molar-refractivity contribution in [1.82, 2.24) is 5.48 Å². The summed E-state index contributed by atoms with van der Waals surface area (Å²) in [6.45, 7) is 2.48. The van der Waals surface area contributed by atoms with Gasteiger partial charge in [-0.15, -0.1) is 0 Å². The van der Waals surface area contributed by atoms with E-state index >= 15 is 0 Å². The van der Waals surface area contributed by atoms with Gasteiger partial charge < -0.3 is 10.6 Å². The number of anilines is 3. The molecule has 0 aliphatic rings. The van der Waals surface area contributed by atoms with Gasteiger partial charge in [-0.05, 0) is 37.5 Å². The molecule has 0 spiro atoms. The molecule has 0 saturated heterocycles. The first kappa shape index (κ1) is 17.7. The van der Waals surface area contributed by atoms with E-state index in [1.807, 2.05) is 31.2 Å². The van der Waals surface area contributed by atoms with Crippen LogP contribution in [0.4, 0.5) is 17.1 Å². The van der Waals surface area contributed by atoms with Crippen LogP contribution in [0.2, 0.25) is 0 Å². The van der Waals surface area contributed by atoms with Crippen molar-refractivity contribution in [3.63, 3.8) is 0 Å². The van der Waals surface area contributed by atoms with Crippen molar-refractivity contribution in [2.45, 2.75) is 32.6 Å². The molecule has 0 aliphatic carbocycles. The molecule has 2 aromatic rings. The Bertz CT molecular complexity index is 778. The summed E-state index contributed by atoms with van der Waals surface area (Å²) in [5.74, 6) is -0.407. The highest BCUT2D eigenvalue weighted by molar-refractivity contribution is 5.78. The molecule has 128 valence electrons. The van der Waals surface area contributed by atoms with E-state index < -0.39 is 16.8 Å². The average Bonchev–Trinajstić information content (AvgIpc) is 2.59. The van der Waals surface area contributed by atoms with Crippen molar-refractivity contribution in [3.8, 4) is 0 Å². The van der Waals surface area contributed by atoms with Crippen molar-refractivity contribution in [2.24, 2.45) is 0 Å². The predicted octanol–water partition coefficient (Wildman–Crippen LogP) is 1.81. The summed E-state index contributed by atoms with van der Waals surface area (Å²) in [7, 11) is 0. The summed E-state index contributed by atoms with van der Waals surface area (Å²) in [6, 6.07) is 7.55. The lowest BCUT2D eigenvalue weighted by Gasteiger charge is -2.15. The Kier molecular flexibility index (Phi) is 6.08. The lowest BCUT2D eigenvalue weighted by Crippen LogP contribution is -2.36. The zero-order valence-corrected chi connectivity index (χ0v) is 13.5. The molecule has 0 bridgehead atoms. The van der Waals surface area contributed by atoms with Crippen molar-refractivity contribution in [3.05, 3.63) is 50.3 Å². The van der Waals surface area contributed by atoms with Crippen LogP contribution < -0.4 is 27.0 Å². The van der Waals surface area contributed by atoms with Gasteiger partial charge in [-0.1, -0.05) is 18.6 Å². The lowest BCUT2D eigenvalue weighted by atomic mass is 10.1. The second kappa shape index (κ2) is 8.26. The summed E-state index contributed by atoms with van der Waals surface area (Å²) in [5, 5.41) is 14.4. The monoisotopic (exact) mass is 331 g/mol. The summed E-state index contributed by atoms with van der Waals surface area (Å²) in [6.07, 6.45) is 2.43. The SMILES string of the molecule is Cc1cccc(Nc2c(NCCCCCC(=O)NO)c(=O)c2=O)c1. The van der Waals surface area contributed by atoms with Crippen LogP contribution in [0.15, 0.2) is 33.9 Å². The molecule has 0 unspecified atom stereocenters. The third-order valence-corrected chi connectivity index (χ3v) is 3.70. The number of hydroxylamine groups is 1. The molecule has 4 N–H and O–H groups in total. The van der Waals surface area contributed by atoms with E-state index in [0.717, 1.165) is 24.1 Å². The fraction of sp³-hybridized carbons (Fsp3) is 0.353. The minimum Gasteiger partial charge on any atom is -0.380 e. The van der Waals surface area contributed by atoms with Crippen LogP contribution in [0.5, 0.6) is 0 Å². The number of rotatable bonds is 9. The van der Waals surface area contributed by atoms with Gasteiger partial charge in [0.1, 0.15) is 11.4 Å². The van der Waals surface area contributed by atoms with Gasteiger partial charge in [0, 0.05) is 18.7 Å². The van der Waals surface area contributed by atoms with Crippen LogP contribution >= 0.6 is 0 Å². The van der Waals surface area contributed by atoms with E-state index in [0.29, 0.717) is 24.3 Å². The molecular weight excluding hydrogens is 310 g/mol. The molecule has 0 fully saturated rings. The predicted molar refractivity (Wildman–Crippen MR) is 92.7 cm³/mol. The highest BCUT2D eigenvalue weighted by Gasteiger charge is 2.20. The van der Waals surface area contributed by atoms with Gasteiger partial charge in [0.2, 0.25) is 5.91 Å². The molecule has 0 saturated carbocycles. The lowest BCUT2D eigenvalue weighted by molar-refractivity contribution is -0.129. The quantitative estimate of drug-likeness (QED) is 0.242. The zero-order chi connectivity index (χ0) is 17.5. The Morgan fingerprint density at radius 1 is 1.08 bits per heavy atom. The summed E-state index contributed by atoms with van der Waals surface area (Å²) in [5.41, 5.74) is 2.99. The largest absolute Gasteiger partial charge is 0.380 e. The Morgan fingerprint density at radius 3 is 2.54 bits per heavy atom. The molecule has 0 aliphatic heterocycles. The van der Waals surface area contributed by atoms with E-state index in [2.05, 4.69) is 10.6 Å². The topological polar surface area (TPSA) is 108 Å². The molecule has 0 atom stereocenters. The van der Waals surface area contributed by atoms with Gasteiger partial charge in [0.05, 0.1) is 0 Å². The third-order valence-electron chi connectivity index (χ3n) is 3.70. The summed E-state index contributed by atoms with van der Waals surface area (Å²) in [4.78, 5) is 34.3. The van der Waals surface area contributed by atoms with E-state index in [4.69, 9.17) is 5.21 Å². The fourth-order valence-electron chi connectivity index (χ4n) is 2.40. The second-order valence-corrected chi connectivity index (χ2v) is 5.68. The average molecular weight is 331 g/mol. The Labute approximate surface area is 139 Å². The van der Waals surface area contributed by atoms with Crippen LogP contribution in [0, 0.1) is 6.92 Å². The minimum atomic E-state index is -0.515. The van der Waals surface area contributed by atoms with Crippen LogP contribution in [-0.4, -0.2) is 17.7 Å². The summed E-state index contributed by atoms with van der Waals surface area (Å²) >= 11 is 0. The van der Waals surface area contributed by atoms with E-state index in [1.165, 1.54) is 0 Å². The maximum absolute atomic E-state index is 11.7. The maximum Gasteiger partial charge on any atom is 0.253 e. The number of hydrogen-bond acceptors (Lipinski definition) is 6. The number of amides is 1. The number of benzene rings is 1. The van der Waals surface area contributed by atoms with Crippen LogP contribution in [0.1, 0.15) is 31.2 Å². The van der Waals surface area contributed by atoms with Crippen LogP contribution in [0.3, 0.4) is 0 Å². The number of nitrogens with one attached hydrogen (secondary N) is 3. The first-order valence-corrected chi connectivity index (χ1v) is 7.86. The molecule has 0 aromatic heterocycles. The summed E-state index contributed by atoms with van der Waals surface area (Å²) < 4.78 is 0. The first-order valence-electron chi connectivity index (χ1n) is 7.86. The Hall–Kier alpha value is -2.67. The van der Waals surface area contributed by atoms with Gasteiger partial charge in [-0.25, -0.2) is 5.48 Å². The molecule has 7 heteroatoms. The van der Waals surface area contributed by atoms with E-state index in [-0.39, 0.29) is 6.42 Å². The molecule has 2 aromatic carbocycles. The van der Waals surface area contributed by atoms with Crippen molar-refractivity contribution >= 4 is 23.0 Å². The number of carbonyl (C=O) groups excluding carboxylic acids is 1. The first-order chi connectivity index (χ1) is 11.5.